The maximum absolute atomic E-state index is 5.65. The number of nitrogens with zero attached hydrogens (tertiary/aromatic N) is 1. The molecule has 0 aliphatic carbocycles. The van der Waals surface area contributed by atoms with Crippen LogP contribution in [-0.4, -0.2) is 18.0 Å². The zero-order chi connectivity index (χ0) is 8.53. The average molecular weight is 178 g/mol. The molecular weight excluding hydrogens is 158 g/mol. The summed E-state index contributed by atoms with van der Waals surface area (Å²) in [6, 6.07) is 0. The minimum Gasteiger partial charge on any atom is -0.223 e. The van der Waals surface area contributed by atoms with Crippen LogP contribution in [-0.2, 0) is 0 Å². The summed E-state index contributed by atoms with van der Waals surface area (Å²) >= 11 is 5.65. The lowest BCUT2D eigenvalue weighted by Gasteiger charge is -2.05. The molecule has 0 aromatic rings. The van der Waals surface area contributed by atoms with Crippen LogP contribution in [0.1, 0.15) is 45.4 Å². The molecule has 0 saturated heterocycles. The normalized spacial score (nSPS) is 10.9. The van der Waals surface area contributed by atoms with Crippen molar-refractivity contribution in [3.05, 3.63) is 0 Å². The predicted molar refractivity (Wildman–Crippen MR) is 51.9 cm³/mol. The van der Waals surface area contributed by atoms with Crippen molar-refractivity contribution >= 4 is 11.8 Å². The Morgan fingerprint density at radius 3 is 2.09 bits per heavy atom. The van der Waals surface area contributed by atoms with E-state index in [1.807, 2.05) is 7.05 Å². The second kappa shape index (κ2) is 8.35. The highest BCUT2D eigenvalue weighted by atomic mass is 35.5. The summed E-state index contributed by atoms with van der Waals surface area (Å²) in [5.74, 6) is 0. The van der Waals surface area contributed by atoms with Gasteiger partial charge in [0.2, 0.25) is 0 Å². The second-order valence-corrected chi connectivity index (χ2v) is 3.67. The van der Waals surface area contributed by atoms with Crippen LogP contribution < -0.4 is 0 Å². The van der Waals surface area contributed by atoms with Crippen molar-refractivity contribution in [1.82, 2.24) is 4.42 Å². The predicted octanol–water partition coefficient (Wildman–Crippen LogP) is 3.43. The van der Waals surface area contributed by atoms with Gasteiger partial charge in [0.1, 0.15) is 0 Å². The van der Waals surface area contributed by atoms with E-state index in [0.29, 0.717) is 0 Å². The third-order valence-electron chi connectivity index (χ3n) is 1.82. The van der Waals surface area contributed by atoms with E-state index >= 15 is 0 Å². The summed E-state index contributed by atoms with van der Waals surface area (Å²) in [5, 5.41) is 0. The third kappa shape index (κ3) is 10.2. The monoisotopic (exact) mass is 177 g/mol. The number of unbranched alkanes of at least 4 members (excludes halogenated alkanes) is 5. The van der Waals surface area contributed by atoms with Gasteiger partial charge in [0.05, 0.1) is 0 Å². The van der Waals surface area contributed by atoms with E-state index in [1.165, 1.54) is 38.5 Å². The van der Waals surface area contributed by atoms with Crippen molar-refractivity contribution < 1.29 is 0 Å². The lowest BCUT2D eigenvalue weighted by molar-refractivity contribution is 0.496. The first-order valence-corrected chi connectivity index (χ1v) is 4.98. The van der Waals surface area contributed by atoms with Crippen LogP contribution in [0.2, 0.25) is 0 Å². The van der Waals surface area contributed by atoms with Crippen molar-refractivity contribution in [3.63, 3.8) is 0 Å². The highest BCUT2D eigenvalue weighted by molar-refractivity contribution is 6.13. The fourth-order valence-corrected chi connectivity index (χ4v) is 1.23. The van der Waals surface area contributed by atoms with Crippen molar-refractivity contribution in [1.29, 1.82) is 0 Å². The van der Waals surface area contributed by atoms with Crippen LogP contribution in [0, 0.1) is 0 Å². The van der Waals surface area contributed by atoms with Gasteiger partial charge in [0.25, 0.3) is 0 Å². The van der Waals surface area contributed by atoms with E-state index < -0.39 is 0 Å². The molecule has 11 heavy (non-hydrogen) atoms. The van der Waals surface area contributed by atoms with Gasteiger partial charge in [0.15, 0.2) is 0 Å². The molecule has 0 fully saturated rings. The van der Waals surface area contributed by atoms with E-state index in [4.69, 9.17) is 11.8 Å². The SMILES string of the molecule is CCCCCCCCN(C)Cl. The maximum Gasteiger partial charge on any atom is 0.0135 e. The van der Waals surface area contributed by atoms with Gasteiger partial charge in [-0.2, -0.15) is 0 Å². The van der Waals surface area contributed by atoms with Crippen LogP contribution in [0.5, 0.6) is 0 Å². The van der Waals surface area contributed by atoms with Gasteiger partial charge in [-0.1, -0.05) is 39.0 Å². The van der Waals surface area contributed by atoms with Crippen LogP contribution in [0.4, 0.5) is 0 Å². The number of rotatable bonds is 7. The fourth-order valence-electron chi connectivity index (χ4n) is 1.11. The Hall–Kier alpha value is 0.250. The maximum atomic E-state index is 5.65. The third-order valence-corrected chi connectivity index (χ3v) is 1.99. The summed E-state index contributed by atoms with van der Waals surface area (Å²) in [4.78, 5) is 0. The van der Waals surface area contributed by atoms with E-state index in [-0.39, 0.29) is 0 Å². The van der Waals surface area contributed by atoms with Crippen molar-refractivity contribution in [2.24, 2.45) is 0 Å². The standard InChI is InChI=1S/C9H20ClN/c1-3-4-5-6-7-8-9-11(2)10/h3-9H2,1-2H3. The average Bonchev–Trinajstić information content (AvgIpc) is 1.96. The number of halogens is 1. The summed E-state index contributed by atoms with van der Waals surface area (Å²) in [6.07, 6.45) is 8.05. The topological polar surface area (TPSA) is 3.24 Å². The second-order valence-electron chi connectivity index (χ2n) is 3.10. The molecule has 0 radical (unpaired) electrons. The van der Waals surface area contributed by atoms with Gasteiger partial charge in [0, 0.05) is 13.6 Å². The zero-order valence-corrected chi connectivity index (χ0v) is 8.53. The number of hydrogen-bond acceptors (Lipinski definition) is 1. The van der Waals surface area contributed by atoms with Crippen molar-refractivity contribution in [2.75, 3.05) is 13.6 Å². The van der Waals surface area contributed by atoms with E-state index in [2.05, 4.69) is 6.92 Å². The molecule has 0 rings (SSSR count). The van der Waals surface area contributed by atoms with E-state index in [0.717, 1.165) is 6.54 Å². The van der Waals surface area contributed by atoms with Crippen molar-refractivity contribution in [3.8, 4) is 0 Å². The lowest BCUT2D eigenvalue weighted by atomic mass is 10.1. The molecule has 0 atom stereocenters. The highest BCUT2D eigenvalue weighted by Gasteiger charge is 1.92. The molecule has 0 N–H and O–H groups in total. The number of hydrogen-bond donors (Lipinski definition) is 0. The van der Waals surface area contributed by atoms with Crippen LogP contribution in [0.25, 0.3) is 0 Å². The molecule has 2 heteroatoms. The van der Waals surface area contributed by atoms with Gasteiger partial charge >= 0.3 is 0 Å². The molecule has 0 saturated carbocycles. The van der Waals surface area contributed by atoms with Crippen molar-refractivity contribution in [2.45, 2.75) is 45.4 Å². The van der Waals surface area contributed by atoms with Crippen LogP contribution >= 0.6 is 11.8 Å². The molecular formula is C9H20ClN. The summed E-state index contributed by atoms with van der Waals surface area (Å²) in [7, 11) is 1.91. The first-order chi connectivity index (χ1) is 5.27. The Morgan fingerprint density at radius 2 is 1.55 bits per heavy atom. The molecule has 0 heterocycles. The fraction of sp³-hybridized carbons (Fsp3) is 1.00. The minimum atomic E-state index is 1.02. The molecule has 0 aromatic heterocycles. The highest BCUT2D eigenvalue weighted by Crippen LogP contribution is 2.05. The molecule has 0 aliphatic rings. The smallest absolute Gasteiger partial charge is 0.0135 e. The molecule has 0 aliphatic heterocycles. The molecule has 0 bridgehead atoms. The Morgan fingerprint density at radius 1 is 1.00 bits per heavy atom. The Kier molecular flexibility index (Phi) is 8.54. The van der Waals surface area contributed by atoms with Gasteiger partial charge in [-0.05, 0) is 18.2 Å². The van der Waals surface area contributed by atoms with E-state index in [9.17, 15) is 0 Å². The zero-order valence-electron chi connectivity index (χ0n) is 7.77. The molecule has 0 unspecified atom stereocenters. The molecule has 0 aromatic carbocycles. The first-order valence-electron chi connectivity index (χ1n) is 4.64. The molecule has 68 valence electrons. The van der Waals surface area contributed by atoms with Gasteiger partial charge in [-0.3, -0.25) is 0 Å². The van der Waals surface area contributed by atoms with Gasteiger partial charge in [-0.25, -0.2) is 4.42 Å². The largest absolute Gasteiger partial charge is 0.223 e. The van der Waals surface area contributed by atoms with Gasteiger partial charge < -0.3 is 0 Å². The van der Waals surface area contributed by atoms with Crippen LogP contribution in [0.15, 0.2) is 0 Å². The minimum absolute atomic E-state index is 1.02. The summed E-state index contributed by atoms with van der Waals surface area (Å²) in [5.41, 5.74) is 0. The Bertz CT molecular complexity index is 74.0. The molecule has 1 nitrogen and oxygen atoms in total. The quantitative estimate of drug-likeness (QED) is 0.426. The summed E-state index contributed by atoms with van der Waals surface area (Å²) < 4.78 is 1.74. The summed E-state index contributed by atoms with van der Waals surface area (Å²) in [6.45, 7) is 3.26. The molecule has 0 spiro atoms. The van der Waals surface area contributed by atoms with Gasteiger partial charge in [-0.15, -0.1) is 0 Å². The first kappa shape index (κ1) is 11.2. The lowest BCUT2D eigenvalue weighted by Crippen LogP contribution is -2.05. The van der Waals surface area contributed by atoms with Crippen LogP contribution in [0.3, 0.4) is 0 Å². The Balaban J connectivity index is 2.80. The molecule has 0 amide bonds. The Labute approximate surface area is 75.8 Å². The van der Waals surface area contributed by atoms with E-state index in [1.54, 1.807) is 4.42 Å².